The van der Waals surface area contributed by atoms with Gasteiger partial charge >= 0.3 is 5.97 Å². The monoisotopic (exact) mass is 328 g/mol. The molecule has 104 valence electrons. The fourth-order valence-corrected chi connectivity index (χ4v) is 3.18. The molecular weight excluding hydrogens is 311 g/mol. The van der Waals surface area contributed by atoms with Crippen molar-refractivity contribution in [1.82, 2.24) is 0 Å². The lowest BCUT2D eigenvalue weighted by Gasteiger charge is -2.22. The Morgan fingerprint density at radius 1 is 1.47 bits per heavy atom. The van der Waals surface area contributed by atoms with E-state index in [-0.39, 0.29) is 17.7 Å². The molecule has 0 amide bonds. The molecular formula is C15H18BrFO2. The molecule has 0 radical (unpaired) electrons. The molecule has 2 rings (SSSR count). The largest absolute Gasteiger partial charge is 0.466 e. The molecule has 1 aromatic rings. The molecule has 1 aliphatic rings. The molecule has 0 saturated heterocycles. The van der Waals surface area contributed by atoms with E-state index in [4.69, 9.17) is 4.74 Å². The number of ether oxygens (including phenoxy) is 1. The Bertz CT molecular complexity index is 455. The summed E-state index contributed by atoms with van der Waals surface area (Å²) in [5.74, 6) is -0.889. The summed E-state index contributed by atoms with van der Waals surface area (Å²) in [5.41, 5.74) is 0.466. The Hall–Kier alpha value is -0.900. The molecule has 0 aromatic heterocycles. The fraction of sp³-hybridized carbons (Fsp3) is 0.533. The molecule has 0 heterocycles. The summed E-state index contributed by atoms with van der Waals surface area (Å²) in [6.07, 6.45) is 4.16. The zero-order valence-corrected chi connectivity index (χ0v) is 12.6. The minimum atomic E-state index is -0.462. The van der Waals surface area contributed by atoms with Gasteiger partial charge in [-0.15, -0.1) is 0 Å². The number of benzene rings is 1. The van der Waals surface area contributed by atoms with Crippen LogP contribution in [0.5, 0.6) is 0 Å². The minimum Gasteiger partial charge on any atom is -0.466 e. The second-order valence-electron chi connectivity index (χ2n) is 4.94. The van der Waals surface area contributed by atoms with Gasteiger partial charge in [-0.2, -0.15) is 0 Å². The molecule has 0 spiro atoms. The summed E-state index contributed by atoms with van der Waals surface area (Å²) in [7, 11) is 0. The van der Waals surface area contributed by atoms with Gasteiger partial charge in [0, 0.05) is 10.0 Å². The quantitative estimate of drug-likeness (QED) is 0.764. The molecule has 19 heavy (non-hydrogen) atoms. The summed E-state index contributed by atoms with van der Waals surface area (Å²) in [4.78, 5) is 12.2. The molecule has 0 bridgehead atoms. The summed E-state index contributed by atoms with van der Waals surface area (Å²) in [6.45, 7) is 2.11. The van der Waals surface area contributed by atoms with Crippen molar-refractivity contribution >= 4 is 21.9 Å². The molecule has 1 atom stereocenters. The minimum absolute atomic E-state index is 0.203. The van der Waals surface area contributed by atoms with E-state index in [0.717, 1.165) is 25.7 Å². The third kappa shape index (κ3) is 3.35. The van der Waals surface area contributed by atoms with Crippen molar-refractivity contribution in [3.63, 3.8) is 0 Å². The smallest absolute Gasteiger partial charge is 0.313 e. The summed E-state index contributed by atoms with van der Waals surface area (Å²) in [5, 5.41) is 0. The number of carbonyl (C=O) groups excluding carboxylic acids is 1. The third-order valence-electron chi connectivity index (χ3n) is 3.71. The van der Waals surface area contributed by atoms with Gasteiger partial charge in [0.1, 0.15) is 5.82 Å². The first-order chi connectivity index (χ1) is 9.13. The van der Waals surface area contributed by atoms with E-state index in [1.807, 2.05) is 0 Å². The van der Waals surface area contributed by atoms with Gasteiger partial charge in [0.2, 0.25) is 0 Å². The van der Waals surface area contributed by atoms with E-state index >= 15 is 0 Å². The van der Waals surface area contributed by atoms with Crippen molar-refractivity contribution in [2.24, 2.45) is 5.92 Å². The average molecular weight is 329 g/mol. The SMILES string of the molecule is CCOC(=O)[C@H](c1ccc(Br)cc1F)C1CCCC1. The van der Waals surface area contributed by atoms with Gasteiger partial charge in [-0.05, 0) is 37.8 Å². The molecule has 1 fully saturated rings. The maximum absolute atomic E-state index is 14.1. The predicted octanol–water partition coefficient (Wildman–Crippen LogP) is 4.43. The van der Waals surface area contributed by atoms with Crippen LogP contribution >= 0.6 is 15.9 Å². The van der Waals surface area contributed by atoms with Crippen LogP contribution in [0, 0.1) is 11.7 Å². The fourth-order valence-electron chi connectivity index (χ4n) is 2.85. The maximum Gasteiger partial charge on any atom is 0.313 e. The second-order valence-corrected chi connectivity index (χ2v) is 5.86. The van der Waals surface area contributed by atoms with E-state index in [0.29, 0.717) is 16.6 Å². The van der Waals surface area contributed by atoms with Crippen molar-refractivity contribution in [2.45, 2.75) is 38.5 Å². The van der Waals surface area contributed by atoms with E-state index in [1.165, 1.54) is 6.07 Å². The number of hydrogen-bond donors (Lipinski definition) is 0. The topological polar surface area (TPSA) is 26.3 Å². The van der Waals surface area contributed by atoms with Crippen LogP contribution in [0.15, 0.2) is 22.7 Å². The van der Waals surface area contributed by atoms with Crippen molar-refractivity contribution in [3.8, 4) is 0 Å². The van der Waals surface area contributed by atoms with Crippen molar-refractivity contribution in [2.75, 3.05) is 6.61 Å². The first-order valence-corrected chi connectivity index (χ1v) is 7.54. The highest BCUT2D eigenvalue weighted by Crippen LogP contribution is 2.39. The standard InChI is InChI=1S/C15H18BrFO2/c1-2-19-15(18)14(10-5-3-4-6-10)12-8-7-11(16)9-13(12)17/h7-10,14H,2-6H2,1H3/t14-/m0/s1. The van der Waals surface area contributed by atoms with Gasteiger partial charge in [-0.25, -0.2) is 4.39 Å². The molecule has 4 heteroatoms. The third-order valence-corrected chi connectivity index (χ3v) is 4.20. The lowest BCUT2D eigenvalue weighted by atomic mass is 9.84. The van der Waals surface area contributed by atoms with Crippen LogP contribution in [0.1, 0.15) is 44.1 Å². The number of hydrogen-bond acceptors (Lipinski definition) is 2. The lowest BCUT2D eigenvalue weighted by Crippen LogP contribution is -2.23. The first kappa shape index (κ1) is 14.5. The molecule has 2 nitrogen and oxygen atoms in total. The average Bonchev–Trinajstić information content (AvgIpc) is 2.86. The van der Waals surface area contributed by atoms with Gasteiger partial charge in [-0.1, -0.05) is 34.8 Å². The van der Waals surface area contributed by atoms with Crippen LogP contribution in [0.2, 0.25) is 0 Å². The Morgan fingerprint density at radius 3 is 2.74 bits per heavy atom. The van der Waals surface area contributed by atoms with Crippen LogP contribution in [-0.4, -0.2) is 12.6 Å². The predicted molar refractivity (Wildman–Crippen MR) is 75.4 cm³/mol. The van der Waals surface area contributed by atoms with E-state index < -0.39 is 5.92 Å². The highest BCUT2D eigenvalue weighted by Gasteiger charge is 2.34. The number of rotatable bonds is 4. The molecule has 0 unspecified atom stereocenters. The Kier molecular flexibility index (Phi) is 4.97. The number of esters is 1. The van der Waals surface area contributed by atoms with E-state index in [2.05, 4.69) is 15.9 Å². The Balaban J connectivity index is 2.32. The molecule has 1 aromatic carbocycles. The van der Waals surface area contributed by atoms with Crippen LogP contribution in [0.25, 0.3) is 0 Å². The van der Waals surface area contributed by atoms with Crippen molar-refractivity contribution in [3.05, 3.63) is 34.1 Å². The number of halogens is 2. The maximum atomic E-state index is 14.1. The zero-order valence-electron chi connectivity index (χ0n) is 11.0. The lowest BCUT2D eigenvalue weighted by molar-refractivity contribution is -0.146. The van der Waals surface area contributed by atoms with Crippen LogP contribution in [-0.2, 0) is 9.53 Å². The normalized spacial score (nSPS) is 17.4. The second kappa shape index (κ2) is 6.51. The van der Waals surface area contributed by atoms with Crippen LogP contribution in [0.4, 0.5) is 4.39 Å². The van der Waals surface area contributed by atoms with E-state index in [1.54, 1.807) is 19.1 Å². The van der Waals surface area contributed by atoms with Gasteiger partial charge in [0.25, 0.3) is 0 Å². The Labute approximate surface area is 121 Å². The highest BCUT2D eigenvalue weighted by atomic mass is 79.9. The van der Waals surface area contributed by atoms with Crippen molar-refractivity contribution in [1.29, 1.82) is 0 Å². The highest BCUT2D eigenvalue weighted by molar-refractivity contribution is 9.10. The molecule has 1 aliphatic carbocycles. The molecule has 0 aliphatic heterocycles. The zero-order chi connectivity index (χ0) is 13.8. The van der Waals surface area contributed by atoms with Gasteiger partial charge < -0.3 is 4.74 Å². The van der Waals surface area contributed by atoms with Crippen molar-refractivity contribution < 1.29 is 13.9 Å². The van der Waals surface area contributed by atoms with Gasteiger partial charge in [0.15, 0.2) is 0 Å². The van der Waals surface area contributed by atoms with Crippen LogP contribution in [0.3, 0.4) is 0 Å². The molecule has 0 N–H and O–H groups in total. The Morgan fingerprint density at radius 2 is 2.16 bits per heavy atom. The van der Waals surface area contributed by atoms with E-state index in [9.17, 15) is 9.18 Å². The molecule has 1 saturated carbocycles. The van der Waals surface area contributed by atoms with Gasteiger partial charge in [0.05, 0.1) is 12.5 Å². The summed E-state index contributed by atoms with van der Waals surface area (Å²) >= 11 is 3.24. The first-order valence-electron chi connectivity index (χ1n) is 6.75. The number of carbonyl (C=O) groups is 1. The van der Waals surface area contributed by atoms with Crippen LogP contribution < -0.4 is 0 Å². The van der Waals surface area contributed by atoms with Gasteiger partial charge in [-0.3, -0.25) is 4.79 Å². The summed E-state index contributed by atoms with van der Waals surface area (Å²) < 4.78 is 19.9. The summed E-state index contributed by atoms with van der Waals surface area (Å²) in [6, 6.07) is 4.88.